The summed E-state index contributed by atoms with van der Waals surface area (Å²) >= 11 is 0. The molecule has 1 heterocycles. The lowest BCUT2D eigenvalue weighted by Crippen LogP contribution is -2.28. The summed E-state index contributed by atoms with van der Waals surface area (Å²) < 4.78 is 0. The number of hydrogen-bond acceptors (Lipinski definition) is 3. The molecular formula is C14H15NO4. The average molecular weight is 261 g/mol. The Labute approximate surface area is 110 Å². The van der Waals surface area contributed by atoms with Crippen LogP contribution in [0.2, 0.25) is 0 Å². The molecule has 0 aromatic heterocycles. The van der Waals surface area contributed by atoms with Gasteiger partial charge in [-0.15, -0.1) is 0 Å². The molecule has 100 valence electrons. The first-order chi connectivity index (χ1) is 9.06. The van der Waals surface area contributed by atoms with Crippen LogP contribution in [0.4, 0.5) is 0 Å². The summed E-state index contributed by atoms with van der Waals surface area (Å²) in [5, 5.41) is 18.0. The van der Waals surface area contributed by atoms with E-state index in [1.807, 2.05) is 0 Å². The number of aliphatic carboxylic acids is 1. The molecule has 1 unspecified atom stereocenters. The summed E-state index contributed by atoms with van der Waals surface area (Å²) in [4.78, 5) is 24.2. The van der Waals surface area contributed by atoms with Crippen molar-refractivity contribution in [3.8, 4) is 5.75 Å². The van der Waals surface area contributed by atoms with Gasteiger partial charge in [-0.3, -0.25) is 9.59 Å². The Bertz CT molecular complexity index is 507. The molecule has 1 fully saturated rings. The number of phenolic OH excluding ortho intramolecular Hbond substituents is 1. The van der Waals surface area contributed by atoms with Gasteiger partial charge in [0.1, 0.15) is 5.75 Å². The average Bonchev–Trinajstić information content (AvgIpc) is 2.87. The van der Waals surface area contributed by atoms with Crippen LogP contribution in [0.1, 0.15) is 12.0 Å². The Morgan fingerprint density at radius 3 is 2.53 bits per heavy atom. The van der Waals surface area contributed by atoms with E-state index in [4.69, 9.17) is 10.2 Å². The number of carboxylic acid groups (broad SMARTS) is 1. The van der Waals surface area contributed by atoms with E-state index in [1.165, 1.54) is 11.0 Å². The van der Waals surface area contributed by atoms with Crippen LogP contribution >= 0.6 is 0 Å². The van der Waals surface area contributed by atoms with Gasteiger partial charge in [0.15, 0.2) is 0 Å². The van der Waals surface area contributed by atoms with Crippen LogP contribution in [0.5, 0.6) is 5.75 Å². The lowest BCUT2D eigenvalue weighted by Gasteiger charge is -2.12. The Morgan fingerprint density at radius 1 is 1.26 bits per heavy atom. The zero-order chi connectivity index (χ0) is 13.8. The highest BCUT2D eigenvalue weighted by molar-refractivity contribution is 5.92. The van der Waals surface area contributed by atoms with E-state index in [0.29, 0.717) is 13.0 Å². The van der Waals surface area contributed by atoms with Crippen LogP contribution in [0.15, 0.2) is 30.3 Å². The number of carbonyl (C=O) groups is 2. The standard InChI is InChI=1S/C14H15NO4/c16-12-4-1-10(2-5-12)3-6-13(17)15-8-7-11(9-15)14(18)19/h1-6,11,16H,7-9H2,(H,18,19)/b6-3+. The third kappa shape index (κ3) is 3.34. The van der Waals surface area contributed by atoms with E-state index in [1.54, 1.807) is 30.3 Å². The first kappa shape index (κ1) is 13.1. The van der Waals surface area contributed by atoms with Crippen molar-refractivity contribution in [3.63, 3.8) is 0 Å². The highest BCUT2D eigenvalue weighted by Crippen LogP contribution is 2.17. The molecule has 1 aromatic rings. The summed E-state index contributed by atoms with van der Waals surface area (Å²) in [5.74, 6) is -1.31. The molecule has 1 saturated heterocycles. The molecule has 2 rings (SSSR count). The minimum absolute atomic E-state index is 0.173. The number of hydrogen-bond donors (Lipinski definition) is 2. The quantitative estimate of drug-likeness (QED) is 0.805. The van der Waals surface area contributed by atoms with Crippen molar-refractivity contribution in [3.05, 3.63) is 35.9 Å². The van der Waals surface area contributed by atoms with Gasteiger partial charge >= 0.3 is 5.97 Å². The van der Waals surface area contributed by atoms with Crippen molar-refractivity contribution in [2.24, 2.45) is 5.92 Å². The fourth-order valence-electron chi connectivity index (χ4n) is 2.02. The maximum atomic E-state index is 11.9. The van der Waals surface area contributed by atoms with Gasteiger partial charge in [0, 0.05) is 19.2 Å². The van der Waals surface area contributed by atoms with E-state index in [2.05, 4.69) is 0 Å². The smallest absolute Gasteiger partial charge is 0.308 e. The summed E-state index contributed by atoms with van der Waals surface area (Å²) in [5.41, 5.74) is 0.806. The molecule has 2 N–H and O–H groups in total. The number of nitrogens with zero attached hydrogens (tertiary/aromatic N) is 1. The van der Waals surface area contributed by atoms with E-state index < -0.39 is 11.9 Å². The van der Waals surface area contributed by atoms with E-state index in [-0.39, 0.29) is 18.2 Å². The Hall–Kier alpha value is -2.30. The molecule has 0 aliphatic carbocycles. The lowest BCUT2D eigenvalue weighted by atomic mass is 10.1. The van der Waals surface area contributed by atoms with Crippen molar-refractivity contribution in [2.45, 2.75) is 6.42 Å². The molecule has 0 radical (unpaired) electrons. The van der Waals surface area contributed by atoms with Crippen molar-refractivity contribution in [1.29, 1.82) is 0 Å². The molecule has 1 amide bonds. The van der Waals surface area contributed by atoms with Gasteiger partial charge < -0.3 is 15.1 Å². The van der Waals surface area contributed by atoms with Crippen LogP contribution in [0, 0.1) is 5.92 Å². The zero-order valence-corrected chi connectivity index (χ0v) is 10.3. The highest BCUT2D eigenvalue weighted by Gasteiger charge is 2.29. The van der Waals surface area contributed by atoms with Gasteiger partial charge in [0.05, 0.1) is 5.92 Å². The monoisotopic (exact) mass is 261 g/mol. The summed E-state index contributed by atoms with van der Waals surface area (Å²) in [6.45, 7) is 0.754. The Balaban J connectivity index is 1.94. The number of carbonyl (C=O) groups excluding carboxylic acids is 1. The number of benzene rings is 1. The normalized spacial score (nSPS) is 18.9. The molecule has 5 nitrogen and oxygen atoms in total. The number of aromatic hydroxyl groups is 1. The van der Waals surface area contributed by atoms with Gasteiger partial charge in [-0.2, -0.15) is 0 Å². The summed E-state index contributed by atoms with van der Waals surface area (Å²) in [6, 6.07) is 6.48. The third-order valence-corrected chi connectivity index (χ3v) is 3.16. The minimum atomic E-state index is -0.849. The van der Waals surface area contributed by atoms with Gasteiger partial charge in [-0.05, 0) is 30.2 Å². The van der Waals surface area contributed by atoms with Gasteiger partial charge in [0.25, 0.3) is 0 Å². The second kappa shape index (κ2) is 5.56. The third-order valence-electron chi connectivity index (χ3n) is 3.16. The molecule has 19 heavy (non-hydrogen) atoms. The maximum Gasteiger partial charge on any atom is 0.308 e. The highest BCUT2D eigenvalue weighted by atomic mass is 16.4. The van der Waals surface area contributed by atoms with Crippen molar-refractivity contribution >= 4 is 18.0 Å². The van der Waals surface area contributed by atoms with Crippen molar-refractivity contribution in [1.82, 2.24) is 4.90 Å². The van der Waals surface area contributed by atoms with Crippen LogP contribution in [0.3, 0.4) is 0 Å². The van der Waals surface area contributed by atoms with E-state index in [9.17, 15) is 9.59 Å². The van der Waals surface area contributed by atoms with Gasteiger partial charge in [-0.25, -0.2) is 0 Å². The molecule has 1 aliphatic heterocycles. The van der Waals surface area contributed by atoms with Crippen LogP contribution < -0.4 is 0 Å². The number of carboxylic acids is 1. The summed E-state index contributed by atoms with van der Waals surface area (Å²) in [7, 11) is 0. The predicted molar refractivity (Wildman–Crippen MR) is 69.5 cm³/mol. The lowest BCUT2D eigenvalue weighted by molar-refractivity contribution is -0.141. The summed E-state index contributed by atoms with van der Waals surface area (Å²) in [6.07, 6.45) is 3.58. The first-order valence-corrected chi connectivity index (χ1v) is 6.05. The van der Waals surface area contributed by atoms with E-state index >= 15 is 0 Å². The molecule has 0 saturated carbocycles. The zero-order valence-electron chi connectivity index (χ0n) is 10.3. The van der Waals surface area contributed by atoms with Crippen molar-refractivity contribution < 1.29 is 19.8 Å². The second-order valence-electron chi connectivity index (χ2n) is 4.53. The molecule has 1 atom stereocenters. The molecule has 1 aliphatic rings. The molecule has 5 heteroatoms. The Morgan fingerprint density at radius 2 is 1.95 bits per heavy atom. The van der Waals surface area contributed by atoms with Crippen LogP contribution in [-0.4, -0.2) is 40.1 Å². The second-order valence-corrected chi connectivity index (χ2v) is 4.53. The molecular weight excluding hydrogens is 246 g/mol. The SMILES string of the molecule is O=C(O)C1CCN(C(=O)/C=C/c2ccc(O)cc2)C1. The molecule has 0 bridgehead atoms. The number of rotatable bonds is 3. The van der Waals surface area contributed by atoms with Crippen molar-refractivity contribution in [2.75, 3.05) is 13.1 Å². The maximum absolute atomic E-state index is 11.9. The predicted octanol–water partition coefficient (Wildman–Crippen LogP) is 1.34. The molecule has 0 spiro atoms. The number of phenols is 1. The van der Waals surface area contributed by atoms with E-state index in [0.717, 1.165) is 5.56 Å². The first-order valence-electron chi connectivity index (χ1n) is 6.05. The number of amides is 1. The fourth-order valence-corrected chi connectivity index (χ4v) is 2.02. The fraction of sp³-hybridized carbons (Fsp3) is 0.286. The van der Waals surface area contributed by atoms with Crippen LogP contribution in [-0.2, 0) is 9.59 Å². The number of likely N-dealkylation sites (tertiary alicyclic amines) is 1. The largest absolute Gasteiger partial charge is 0.508 e. The van der Waals surface area contributed by atoms with Gasteiger partial charge in [0.2, 0.25) is 5.91 Å². The minimum Gasteiger partial charge on any atom is -0.508 e. The van der Waals surface area contributed by atoms with Gasteiger partial charge in [-0.1, -0.05) is 12.1 Å². The van der Waals surface area contributed by atoms with Crippen LogP contribution in [0.25, 0.3) is 6.08 Å². The topological polar surface area (TPSA) is 77.8 Å². The molecule has 1 aromatic carbocycles. The Kier molecular flexibility index (Phi) is 3.85.